The van der Waals surface area contributed by atoms with Crippen molar-refractivity contribution in [2.45, 2.75) is 25.3 Å². The van der Waals surface area contributed by atoms with Gasteiger partial charge in [0.05, 0.1) is 10.9 Å². The molecule has 1 heterocycles. The van der Waals surface area contributed by atoms with Gasteiger partial charge < -0.3 is 9.67 Å². The van der Waals surface area contributed by atoms with Gasteiger partial charge in [0.1, 0.15) is 5.56 Å². The number of fused-ring (bicyclic) bond motifs is 1. The van der Waals surface area contributed by atoms with Gasteiger partial charge in [-0.05, 0) is 25.8 Å². The number of hydrogen-bond acceptors (Lipinski definition) is 2. The van der Waals surface area contributed by atoms with Crippen LogP contribution in [-0.2, 0) is 5.54 Å². The van der Waals surface area contributed by atoms with Crippen LogP contribution >= 0.6 is 0 Å². The summed E-state index contributed by atoms with van der Waals surface area (Å²) >= 11 is 0. The molecule has 1 aromatic heterocycles. The fourth-order valence-corrected chi connectivity index (χ4v) is 2.39. The van der Waals surface area contributed by atoms with E-state index in [2.05, 4.69) is 0 Å². The maximum absolute atomic E-state index is 14.1. The lowest BCUT2D eigenvalue weighted by Gasteiger charge is -2.19. The predicted octanol–water partition coefficient (Wildman–Crippen LogP) is 2.63. The Morgan fingerprint density at radius 1 is 1.29 bits per heavy atom. The van der Waals surface area contributed by atoms with Crippen LogP contribution in [0.5, 0.6) is 0 Å². The molecule has 1 N–H and O–H groups in total. The highest BCUT2D eigenvalue weighted by Gasteiger charge is 2.41. The van der Waals surface area contributed by atoms with Crippen LogP contribution in [0.25, 0.3) is 10.9 Å². The molecule has 1 aliphatic rings. The summed E-state index contributed by atoms with van der Waals surface area (Å²) in [6, 6.07) is 0.546. The summed E-state index contributed by atoms with van der Waals surface area (Å²) < 4.78 is 42.1. The van der Waals surface area contributed by atoms with Gasteiger partial charge in [-0.1, -0.05) is 0 Å². The van der Waals surface area contributed by atoms with Crippen molar-refractivity contribution in [1.29, 1.82) is 0 Å². The van der Waals surface area contributed by atoms with Gasteiger partial charge in [0, 0.05) is 11.7 Å². The molecule has 0 atom stereocenters. The van der Waals surface area contributed by atoms with E-state index in [0.29, 0.717) is 18.9 Å². The van der Waals surface area contributed by atoms with E-state index in [1.807, 2.05) is 0 Å². The van der Waals surface area contributed by atoms with Crippen LogP contribution in [0.1, 0.15) is 30.1 Å². The molecule has 21 heavy (non-hydrogen) atoms. The van der Waals surface area contributed by atoms with Crippen molar-refractivity contribution >= 4 is 16.9 Å². The molecule has 1 aliphatic carbocycles. The molecule has 0 radical (unpaired) electrons. The number of carboxylic acid groups (broad SMARTS) is 1. The first-order valence-electron chi connectivity index (χ1n) is 6.23. The normalized spacial score (nSPS) is 16.2. The van der Waals surface area contributed by atoms with Crippen LogP contribution < -0.4 is 5.43 Å². The Bertz CT molecular complexity index is 853. The largest absolute Gasteiger partial charge is 0.477 e. The second-order valence-corrected chi connectivity index (χ2v) is 5.43. The van der Waals surface area contributed by atoms with Gasteiger partial charge in [-0.3, -0.25) is 4.79 Å². The van der Waals surface area contributed by atoms with E-state index in [9.17, 15) is 22.8 Å². The topological polar surface area (TPSA) is 59.3 Å². The van der Waals surface area contributed by atoms with E-state index in [1.165, 1.54) is 4.57 Å². The van der Waals surface area contributed by atoms with Crippen LogP contribution in [0.4, 0.5) is 13.2 Å². The molecule has 3 rings (SSSR count). The molecule has 0 bridgehead atoms. The summed E-state index contributed by atoms with van der Waals surface area (Å²) in [7, 11) is 0. The van der Waals surface area contributed by atoms with Crippen LogP contribution in [-0.4, -0.2) is 15.6 Å². The van der Waals surface area contributed by atoms with Gasteiger partial charge in [0.2, 0.25) is 5.43 Å². The lowest BCUT2D eigenvalue weighted by Crippen LogP contribution is -2.24. The zero-order valence-corrected chi connectivity index (χ0v) is 10.9. The van der Waals surface area contributed by atoms with Crippen molar-refractivity contribution in [2.24, 2.45) is 0 Å². The Hall–Kier alpha value is -2.31. The van der Waals surface area contributed by atoms with Gasteiger partial charge in [-0.25, -0.2) is 18.0 Å². The lowest BCUT2D eigenvalue weighted by molar-refractivity contribution is 0.0694. The first-order valence-corrected chi connectivity index (χ1v) is 6.23. The molecule has 7 heteroatoms. The maximum Gasteiger partial charge on any atom is 0.341 e. The summed E-state index contributed by atoms with van der Waals surface area (Å²) in [4.78, 5) is 23.2. The summed E-state index contributed by atoms with van der Waals surface area (Å²) in [5, 5.41) is 8.58. The molecule has 0 aliphatic heterocycles. The van der Waals surface area contributed by atoms with E-state index in [4.69, 9.17) is 5.11 Å². The molecular formula is C14H10F3NO3. The predicted molar refractivity (Wildman–Crippen MR) is 67.9 cm³/mol. The van der Waals surface area contributed by atoms with Gasteiger partial charge in [0.25, 0.3) is 0 Å². The average molecular weight is 297 g/mol. The number of rotatable bonds is 2. The van der Waals surface area contributed by atoms with Crippen molar-refractivity contribution in [1.82, 2.24) is 4.57 Å². The molecule has 0 spiro atoms. The van der Waals surface area contributed by atoms with E-state index >= 15 is 0 Å². The Kier molecular flexibility index (Phi) is 2.66. The molecule has 2 aromatic rings. The first-order chi connectivity index (χ1) is 9.76. The van der Waals surface area contributed by atoms with Crippen LogP contribution in [0, 0.1) is 17.5 Å². The smallest absolute Gasteiger partial charge is 0.341 e. The van der Waals surface area contributed by atoms with Gasteiger partial charge in [-0.15, -0.1) is 0 Å². The summed E-state index contributed by atoms with van der Waals surface area (Å²) in [6.45, 7) is 1.73. The van der Waals surface area contributed by atoms with Crippen molar-refractivity contribution in [3.8, 4) is 0 Å². The van der Waals surface area contributed by atoms with E-state index < -0.39 is 50.9 Å². The first kappa shape index (κ1) is 13.7. The number of aromatic carboxylic acids is 1. The van der Waals surface area contributed by atoms with E-state index in [1.54, 1.807) is 6.92 Å². The minimum absolute atomic E-state index is 0.399. The number of pyridine rings is 1. The zero-order valence-electron chi connectivity index (χ0n) is 10.9. The van der Waals surface area contributed by atoms with Crippen LogP contribution in [0.2, 0.25) is 0 Å². The van der Waals surface area contributed by atoms with Crippen molar-refractivity contribution in [3.05, 3.63) is 45.5 Å². The highest BCUT2D eigenvalue weighted by atomic mass is 19.2. The SMILES string of the molecule is CC1(n2cc(C(=O)O)c(=O)c3cc(F)c(F)c(F)c32)CC1. The Morgan fingerprint density at radius 3 is 2.43 bits per heavy atom. The van der Waals surface area contributed by atoms with Crippen molar-refractivity contribution < 1.29 is 23.1 Å². The Balaban J connectivity index is 2.55. The monoisotopic (exact) mass is 297 g/mol. The van der Waals surface area contributed by atoms with Crippen LogP contribution in [0.3, 0.4) is 0 Å². The minimum Gasteiger partial charge on any atom is -0.477 e. The molecule has 0 saturated heterocycles. The highest BCUT2D eigenvalue weighted by Crippen LogP contribution is 2.44. The molecule has 0 unspecified atom stereocenters. The highest BCUT2D eigenvalue weighted by molar-refractivity contribution is 5.93. The number of carboxylic acids is 1. The number of nitrogens with zero attached hydrogens (tertiary/aromatic N) is 1. The lowest BCUT2D eigenvalue weighted by atomic mass is 10.1. The number of carbonyl (C=O) groups is 1. The number of benzene rings is 1. The number of hydrogen-bond donors (Lipinski definition) is 1. The van der Waals surface area contributed by atoms with Gasteiger partial charge in [-0.2, -0.15) is 0 Å². The minimum atomic E-state index is -1.68. The van der Waals surface area contributed by atoms with E-state index in [0.717, 1.165) is 6.20 Å². The number of aromatic nitrogens is 1. The second-order valence-electron chi connectivity index (χ2n) is 5.43. The van der Waals surface area contributed by atoms with Crippen molar-refractivity contribution in [2.75, 3.05) is 0 Å². The maximum atomic E-state index is 14.1. The molecular weight excluding hydrogens is 287 g/mol. The molecule has 4 nitrogen and oxygen atoms in total. The Labute approximate surface area is 116 Å². The van der Waals surface area contributed by atoms with Gasteiger partial charge >= 0.3 is 5.97 Å². The van der Waals surface area contributed by atoms with Gasteiger partial charge in [0.15, 0.2) is 17.5 Å². The zero-order chi connectivity index (χ0) is 15.5. The molecule has 1 aromatic carbocycles. The second kappa shape index (κ2) is 4.09. The molecule has 110 valence electrons. The Morgan fingerprint density at radius 2 is 1.90 bits per heavy atom. The quantitative estimate of drug-likeness (QED) is 0.867. The third-order valence-electron chi connectivity index (χ3n) is 3.91. The molecule has 0 amide bonds. The fraction of sp³-hybridized carbons (Fsp3) is 0.286. The van der Waals surface area contributed by atoms with Crippen LogP contribution in [0.15, 0.2) is 17.1 Å². The number of halogens is 3. The van der Waals surface area contributed by atoms with Crippen molar-refractivity contribution in [3.63, 3.8) is 0 Å². The standard InChI is InChI=1S/C14H10F3NO3/c1-14(2-3-14)18-5-7(13(20)21)12(19)6-4-8(15)9(16)10(17)11(6)18/h4-5H,2-3H2,1H3,(H,20,21). The third-order valence-corrected chi connectivity index (χ3v) is 3.91. The fourth-order valence-electron chi connectivity index (χ4n) is 2.39. The summed E-state index contributed by atoms with van der Waals surface area (Å²) in [6.07, 6.45) is 2.26. The average Bonchev–Trinajstić information content (AvgIpc) is 3.16. The van der Waals surface area contributed by atoms with E-state index in [-0.39, 0.29) is 0 Å². The third kappa shape index (κ3) is 1.84. The summed E-state index contributed by atoms with van der Waals surface area (Å²) in [5.41, 5.74) is -2.62. The molecule has 1 saturated carbocycles. The summed E-state index contributed by atoms with van der Waals surface area (Å²) in [5.74, 6) is -6.17. The molecule has 1 fully saturated rings.